The predicted molar refractivity (Wildman–Crippen MR) is 113 cm³/mol. The van der Waals surface area contributed by atoms with Crippen LogP contribution in [0.25, 0.3) is 0 Å². The minimum absolute atomic E-state index is 0.0565. The number of rotatable bonds is 2. The minimum atomic E-state index is -0.225. The molecule has 1 amide bonds. The first-order valence-corrected chi connectivity index (χ1v) is 11.3. The molecule has 6 nitrogen and oxygen atoms in total. The molecular formula is C23H33N3O3. The van der Waals surface area contributed by atoms with Crippen molar-refractivity contribution >= 4 is 11.8 Å². The van der Waals surface area contributed by atoms with Crippen LogP contribution in [0.1, 0.15) is 44.1 Å². The summed E-state index contributed by atoms with van der Waals surface area (Å²) in [6.07, 6.45) is 8.56. The summed E-state index contributed by atoms with van der Waals surface area (Å²) in [4.78, 5) is 18.5. The summed E-state index contributed by atoms with van der Waals surface area (Å²) in [7, 11) is 1.45. The summed E-state index contributed by atoms with van der Waals surface area (Å²) < 4.78 is 11.5. The lowest BCUT2D eigenvalue weighted by Gasteiger charge is -2.48. The zero-order chi connectivity index (χ0) is 19.8. The summed E-state index contributed by atoms with van der Waals surface area (Å²) in [6, 6.07) is 7.52. The Morgan fingerprint density at radius 1 is 1.07 bits per heavy atom. The highest BCUT2D eigenvalue weighted by molar-refractivity contribution is 5.68. The van der Waals surface area contributed by atoms with Gasteiger partial charge in [0.1, 0.15) is 11.4 Å². The molecule has 6 heteroatoms. The van der Waals surface area contributed by atoms with Gasteiger partial charge >= 0.3 is 6.09 Å². The number of carbonyl (C=O) groups excluding carboxylic acids is 1. The van der Waals surface area contributed by atoms with E-state index < -0.39 is 0 Å². The molecule has 0 radical (unpaired) electrons. The number of hydrogen-bond acceptors (Lipinski definition) is 5. The zero-order valence-corrected chi connectivity index (χ0v) is 17.6. The SMILES string of the molecule is COC(=O)N1CCN(c2ccc3c(c2)CCC2(CCN(C4CCC4)CC2)O3)CC1. The number of nitrogens with zero attached hydrogens (tertiary/aromatic N) is 3. The molecule has 4 aliphatic rings. The number of benzene rings is 1. The van der Waals surface area contributed by atoms with Crippen molar-refractivity contribution < 1.29 is 14.3 Å². The summed E-state index contributed by atoms with van der Waals surface area (Å²) in [5.41, 5.74) is 2.64. The second-order valence-electron chi connectivity index (χ2n) is 9.14. The molecule has 1 aliphatic carbocycles. The largest absolute Gasteiger partial charge is 0.487 e. The smallest absolute Gasteiger partial charge is 0.409 e. The highest BCUT2D eigenvalue weighted by Crippen LogP contribution is 2.42. The number of aryl methyl sites for hydroxylation is 1. The van der Waals surface area contributed by atoms with Crippen LogP contribution in [0.5, 0.6) is 5.75 Å². The number of piperidine rings is 1. The fourth-order valence-corrected chi connectivity index (χ4v) is 5.38. The van der Waals surface area contributed by atoms with E-state index in [1.807, 2.05) is 0 Å². The Bertz CT molecular complexity index is 748. The van der Waals surface area contributed by atoms with Gasteiger partial charge in [-0.2, -0.15) is 0 Å². The molecule has 1 aromatic carbocycles. The van der Waals surface area contributed by atoms with Crippen LogP contribution in [-0.4, -0.2) is 73.9 Å². The third-order valence-electron chi connectivity index (χ3n) is 7.60. The minimum Gasteiger partial charge on any atom is -0.487 e. The molecule has 5 rings (SSSR count). The van der Waals surface area contributed by atoms with E-state index in [0.717, 1.165) is 37.7 Å². The molecule has 1 spiro atoms. The van der Waals surface area contributed by atoms with E-state index in [4.69, 9.17) is 9.47 Å². The fourth-order valence-electron chi connectivity index (χ4n) is 5.38. The maximum Gasteiger partial charge on any atom is 0.409 e. The Kier molecular flexibility index (Phi) is 5.06. The van der Waals surface area contributed by atoms with Gasteiger partial charge in [0, 0.05) is 51.0 Å². The number of hydrogen-bond donors (Lipinski definition) is 0. The van der Waals surface area contributed by atoms with E-state index in [1.54, 1.807) is 4.90 Å². The Morgan fingerprint density at radius 3 is 2.48 bits per heavy atom. The number of fused-ring (bicyclic) bond motifs is 1. The Hall–Kier alpha value is -1.95. The van der Waals surface area contributed by atoms with Gasteiger partial charge in [0.05, 0.1) is 7.11 Å². The molecule has 0 bridgehead atoms. The van der Waals surface area contributed by atoms with Gasteiger partial charge < -0.3 is 24.2 Å². The van der Waals surface area contributed by atoms with Crippen LogP contribution in [0.3, 0.4) is 0 Å². The van der Waals surface area contributed by atoms with Gasteiger partial charge in [0.2, 0.25) is 0 Å². The summed E-state index contributed by atoms with van der Waals surface area (Å²) in [6.45, 7) is 5.50. The molecule has 29 heavy (non-hydrogen) atoms. The molecule has 3 fully saturated rings. The lowest BCUT2D eigenvalue weighted by Crippen LogP contribution is -2.53. The molecule has 3 aliphatic heterocycles. The molecule has 2 saturated heterocycles. The average Bonchev–Trinajstić information content (AvgIpc) is 2.73. The van der Waals surface area contributed by atoms with E-state index in [9.17, 15) is 4.79 Å². The van der Waals surface area contributed by atoms with Crippen LogP contribution in [0.4, 0.5) is 10.5 Å². The van der Waals surface area contributed by atoms with E-state index >= 15 is 0 Å². The third kappa shape index (κ3) is 3.67. The molecule has 1 saturated carbocycles. The highest BCUT2D eigenvalue weighted by Gasteiger charge is 2.41. The van der Waals surface area contributed by atoms with Crippen LogP contribution in [0.2, 0.25) is 0 Å². The van der Waals surface area contributed by atoms with E-state index in [0.29, 0.717) is 13.1 Å². The van der Waals surface area contributed by atoms with Crippen molar-refractivity contribution in [3.8, 4) is 5.75 Å². The molecule has 0 aromatic heterocycles. The lowest BCUT2D eigenvalue weighted by molar-refractivity contribution is -0.0336. The number of ether oxygens (including phenoxy) is 2. The topological polar surface area (TPSA) is 45.2 Å². The van der Waals surface area contributed by atoms with Crippen molar-refractivity contribution in [2.45, 2.75) is 56.6 Å². The van der Waals surface area contributed by atoms with Crippen LogP contribution in [-0.2, 0) is 11.2 Å². The number of likely N-dealkylation sites (tertiary alicyclic amines) is 1. The molecule has 0 unspecified atom stereocenters. The lowest BCUT2D eigenvalue weighted by atomic mass is 9.81. The number of methoxy groups -OCH3 is 1. The van der Waals surface area contributed by atoms with Crippen molar-refractivity contribution in [3.63, 3.8) is 0 Å². The molecule has 0 atom stereocenters. The summed E-state index contributed by atoms with van der Waals surface area (Å²) >= 11 is 0. The van der Waals surface area contributed by atoms with Crippen LogP contribution < -0.4 is 9.64 Å². The normalized spacial score (nSPS) is 24.6. The monoisotopic (exact) mass is 399 g/mol. The Morgan fingerprint density at radius 2 is 1.83 bits per heavy atom. The first kappa shape index (κ1) is 19.0. The summed E-state index contributed by atoms with van der Waals surface area (Å²) in [5, 5.41) is 0. The number of carbonyl (C=O) groups is 1. The fraction of sp³-hybridized carbons (Fsp3) is 0.696. The third-order valence-corrected chi connectivity index (χ3v) is 7.60. The Balaban J connectivity index is 1.21. The van der Waals surface area contributed by atoms with E-state index in [-0.39, 0.29) is 11.7 Å². The highest BCUT2D eigenvalue weighted by atomic mass is 16.5. The molecule has 1 aromatic rings. The van der Waals surface area contributed by atoms with Crippen LogP contribution >= 0.6 is 0 Å². The van der Waals surface area contributed by atoms with Crippen molar-refractivity contribution in [1.82, 2.24) is 9.80 Å². The summed E-state index contributed by atoms with van der Waals surface area (Å²) in [5.74, 6) is 1.09. The van der Waals surface area contributed by atoms with Crippen LogP contribution in [0, 0.1) is 0 Å². The average molecular weight is 400 g/mol. The molecule has 3 heterocycles. The zero-order valence-electron chi connectivity index (χ0n) is 17.6. The number of anilines is 1. The molecule has 158 valence electrons. The number of piperazine rings is 1. The van der Waals surface area contributed by atoms with Crippen molar-refractivity contribution in [2.24, 2.45) is 0 Å². The van der Waals surface area contributed by atoms with Gasteiger partial charge in [-0.05, 0) is 62.3 Å². The van der Waals surface area contributed by atoms with Crippen molar-refractivity contribution in [2.75, 3.05) is 51.3 Å². The van der Waals surface area contributed by atoms with Gasteiger partial charge in [0.25, 0.3) is 0 Å². The predicted octanol–water partition coefficient (Wildman–Crippen LogP) is 3.29. The van der Waals surface area contributed by atoms with Gasteiger partial charge in [-0.3, -0.25) is 0 Å². The molecule has 0 N–H and O–H groups in total. The first-order valence-electron chi connectivity index (χ1n) is 11.3. The van der Waals surface area contributed by atoms with Crippen LogP contribution in [0.15, 0.2) is 18.2 Å². The standard InChI is InChI=1S/C23H33N3O3/c1-28-22(27)26-15-13-25(14-16-26)20-5-6-21-18(17-20)7-8-23(29-21)9-11-24(12-10-23)19-3-2-4-19/h5-6,17,19H,2-4,7-16H2,1H3. The maximum atomic E-state index is 11.7. The van der Waals surface area contributed by atoms with Crippen molar-refractivity contribution in [3.05, 3.63) is 23.8 Å². The van der Waals surface area contributed by atoms with Gasteiger partial charge in [-0.15, -0.1) is 0 Å². The van der Waals surface area contributed by atoms with Gasteiger partial charge in [-0.1, -0.05) is 6.42 Å². The molecular weight excluding hydrogens is 366 g/mol. The van der Waals surface area contributed by atoms with E-state index in [1.165, 1.54) is 63.6 Å². The van der Waals surface area contributed by atoms with Gasteiger partial charge in [-0.25, -0.2) is 4.79 Å². The number of amides is 1. The second-order valence-corrected chi connectivity index (χ2v) is 9.14. The quantitative estimate of drug-likeness (QED) is 0.764. The first-order chi connectivity index (χ1) is 14.2. The van der Waals surface area contributed by atoms with Crippen molar-refractivity contribution in [1.29, 1.82) is 0 Å². The van der Waals surface area contributed by atoms with Gasteiger partial charge in [0.15, 0.2) is 0 Å². The van der Waals surface area contributed by atoms with E-state index in [2.05, 4.69) is 28.0 Å². The Labute approximate surface area is 173 Å². The maximum absolute atomic E-state index is 11.7. The second kappa shape index (κ2) is 7.71.